The Morgan fingerprint density at radius 1 is 1.43 bits per heavy atom. The molecule has 2 fully saturated rings. The topological polar surface area (TPSA) is 57.1 Å². The minimum Gasteiger partial charge on any atom is -0.454 e. The van der Waals surface area contributed by atoms with Gasteiger partial charge in [0.2, 0.25) is 0 Å². The first-order valence-corrected chi connectivity index (χ1v) is 7.64. The first-order valence-electron chi connectivity index (χ1n) is 7.64. The molecule has 2 saturated heterocycles. The summed E-state index contributed by atoms with van der Waals surface area (Å²) in [5, 5.41) is 13.6. The number of β-amino-alcohol motifs (C(OH)–C–C–N with tert-alkyl or cyclic N) is 1. The van der Waals surface area contributed by atoms with Gasteiger partial charge < -0.3 is 20.1 Å². The second kappa shape index (κ2) is 6.03. The second-order valence-electron chi connectivity index (χ2n) is 5.74. The number of hydrogen-bond donors (Lipinski definition) is 2. The molecule has 2 atom stereocenters. The highest BCUT2D eigenvalue weighted by atomic mass is 16.6. The van der Waals surface area contributed by atoms with Gasteiger partial charge in [-0.1, -0.05) is 30.3 Å². The summed E-state index contributed by atoms with van der Waals surface area (Å²) < 4.78 is 6.11. The van der Waals surface area contributed by atoms with Crippen LogP contribution in [0.3, 0.4) is 0 Å². The average Bonchev–Trinajstić information content (AvgIpc) is 2.83. The number of benzene rings is 1. The summed E-state index contributed by atoms with van der Waals surface area (Å²) in [6.07, 6.45) is 0.316. The summed E-state index contributed by atoms with van der Waals surface area (Å²) in [4.78, 5) is 6.62. The predicted octanol–water partition coefficient (Wildman–Crippen LogP) is 0.988. The van der Waals surface area contributed by atoms with E-state index in [1.807, 2.05) is 25.1 Å². The zero-order valence-corrected chi connectivity index (χ0v) is 12.5. The highest BCUT2D eigenvalue weighted by Gasteiger charge is 2.50. The van der Waals surface area contributed by atoms with Gasteiger partial charge in [-0.2, -0.15) is 0 Å². The molecule has 3 rings (SSSR count). The van der Waals surface area contributed by atoms with Crippen LogP contribution in [0.5, 0.6) is 0 Å². The second-order valence-corrected chi connectivity index (χ2v) is 5.74. The van der Waals surface area contributed by atoms with Crippen molar-refractivity contribution in [3.63, 3.8) is 0 Å². The highest BCUT2D eigenvalue weighted by molar-refractivity contribution is 5.76. The fourth-order valence-corrected chi connectivity index (χ4v) is 3.06. The Kier molecular flexibility index (Phi) is 4.12. The van der Waals surface area contributed by atoms with Crippen molar-refractivity contribution in [3.8, 4) is 0 Å². The van der Waals surface area contributed by atoms with Crippen molar-refractivity contribution in [1.29, 1.82) is 0 Å². The minimum atomic E-state index is -0.506. The van der Waals surface area contributed by atoms with Gasteiger partial charge in [-0.25, -0.2) is 4.99 Å². The van der Waals surface area contributed by atoms with Crippen molar-refractivity contribution in [2.24, 2.45) is 4.99 Å². The molecule has 0 aliphatic carbocycles. The van der Waals surface area contributed by atoms with Gasteiger partial charge in [-0.3, -0.25) is 0 Å². The number of rotatable bonds is 3. The van der Waals surface area contributed by atoms with Gasteiger partial charge >= 0.3 is 0 Å². The molecule has 0 bridgehead atoms. The molecule has 1 aromatic rings. The van der Waals surface area contributed by atoms with Gasteiger partial charge in [0.05, 0.1) is 6.54 Å². The quantitative estimate of drug-likeness (QED) is 0.871. The molecule has 5 nitrogen and oxygen atoms in total. The molecule has 1 aromatic carbocycles. The van der Waals surface area contributed by atoms with E-state index in [1.165, 1.54) is 5.56 Å². The first kappa shape index (κ1) is 14.4. The standard InChI is InChI=1S/C16H23N3O2/c1-2-18-15-19(11-13-6-4-3-5-7-13)12-16(21-15)8-9-17-10-14(16)20/h3-7,14,17,20H,2,8-12H2,1H3/t14-,16+/m0/s1. The predicted molar refractivity (Wildman–Crippen MR) is 82.1 cm³/mol. The molecule has 0 aromatic heterocycles. The van der Waals surface area contributed by atoms with Crippen LogP contribution in [-0.2, 0) is 11.3 Å². The molecule has 0 saturated carbocycles. The zero-order valence-electron chi connectivity index (χ0n) is 12.5. The van der Waals surface area contributed by atoms with E-state index in [-0.39, 0.29) is 0 Å². The fraction of sp³-hybridized carbons (Fsp3) is 0.562. The number of nitrogens with zero attached hydrogens (tertiary/aromatic N) is 2. The Bertz CT molecular complexity index is 506. The van der Waals surface area contributed by atoms with E-state index in [9.17, 15) is 5.11 Å². The normalized spacial score (nSPS) is 30.9. The summed E-state index contributed by atoms with van der Waals surface area (Å²) in [6.45, 7) is 5.60. The third-order valence-electron chi connectivity index (χ3n) is 4.20. The molecular weight excluding hydrogens is 266 g/mol. The largest absolute Gasteiger partial charge is 0.454 e. The van der Waals surface area contributed by atoms with Crippen molar-refractivity contribution in [3.05, 3.63) is 35.9 Å². The van der Waals surface area contributed by atoms with E-state index in [0.29, 0.717) is 25.7 Å². The summed E-state index contributed by atoms with van der Waals surface area (Å²) in [6, 6.07) is 11.0. The minimum absolute atomic E-state index is 0.492. The SMILES string of the molecule is CCN=C1O[C@]2(CCNC[C@@H]2O)CN1Cc1ccccc1. The smallest absolute Gasteiger partial charge is 0.288 e. The molecule has 0 radical (unpaired) electrons. The Balaban J connectivity index is 1.80. The molecular formula is C16H23N3O2. The van der Waals surface area contributed by atoms with E-state index in [0.717, 1.165) is 19.5 Å². The summed E-state index contributed by atoms with van der Waals surface area (Å²) in [5.74, 6) is 0. The number of nitrogens with one attached hydrogen (secondary N) is 1. The van der Waals surface area contributed by atoms with Crippen molar-refractivity contribution < 1.29 is 9.84 Å². The number of piperidine rings is 1. The van der Waals surface area contributed by atoms with Crippen LogP contribution in [-0.4, -0.2) is 53.9 Å². The van der Waals surface area contributed by atoms with Crippen LogP contribution in [0, 0.1) is 0 Å². The maximum Gasteiger partial charge on any atom is 0.288 e. The molecule has 2 N–H and O–H groups in total. The van der Waals surface area contributed by atoms with Crippen molar-refractivity contribution in [2.75, 3.05) is 26.2 Å². The maximum atomic E-state index is 10.4. The van der Waals surface area contributed by atoms with Gasteiger partial charge in [0.15, 0.2) is 5.60 Å². The van der Waals surface area contributed by atoms with Crippen LogP contribution >= 0.6 is 0 Å². The molecule has 0 unspecified atom stereocenters. The third-order valence-corrected chi connectivity index (χ3v) is 4.20. The van der Waals surface area contributed by atoms with Gasteiger partial charge in [0, 0.05) is 26.1 Å². The maximum absolute atomic E-state index is 10.4. The van der Waals surface area contributed by atoms with Gasteiger partial charge in [-0.15, -0.1) is 0 Å². The summed E-state index contributed by atoms with van der Waals surface area (Å²) in [5.41, 5.74) is 0.721. The van der Waals surface area contributed by atoms with Crippen LogP contribution < -0.4 is 5.32 Å². The molecule has 2 aliphatic rings. The lowest BCUT2D eigenvalue weighted by atomic mass is 9.89. The van der Waals surface area contributed by atoms with E-state index in [1.54, 1.807) is 0 Å². The van der Waals surface area contributed by atoms with E-state index in [4.69, 9.17) is 4.74 Å². The molecule has 2 heterocycles. The van der Waals surface area contributed by atoms with E-state index >= 15 is 0 Å². The monoisotopic (exact) mass is 289 g/mol. The first-order chi connectivity index (χ1) is 10.2. The Morgan fingerprint density at radius 3 is 2.95 bits per heavy atom. The fourth-order valence-electron chi connectivity index (χ4n) is 3.06. The Hall–Kier alpha value is -1.59. The van der Waals surface area contributed by atoms with Crippen molar-refractivity contribution in [1.82, 2.24) is 10.2 Å². The van der Waals surface area contributed by atoms with Gasteiger partial charge in [0.25, 0.3) is 6.02 Å². The number of ether oxygens (including phenoxy) is 1. The van der Waals surface area contributed by atoms with Crippen molar-refractivity contribution >= 4 is 6.02 Å². The summed E-state index contributed by atoms with van der Waals surface area (Å²) >= 11 is 0. The zero-order chi connectivity index (χ0) is 14.7. The third kappa shape index (κ3) is 2.89. The number of aliphatic hydroxyl groups is 1. The lowest BCUT2D eigenvalue weighted by molar-refractivity contribution is -0.0611. The van der Waals surface area contributed by atoms with Crippen LogP contribution in [0.4, 0.5) is 0 Å². The van der Waals surface area contributed by atoms with Gasteiger partial charge in [0.1, 0.15) is 6.10 Å². The lowest BCUT2D eigenvalue weighted by Gasteiger charge is -2.36. The number of aliphatic imine (C=N–C) groups is 1. The van der Waals surface area contributed by atoms with Crippen LogP contribution in [0.15, 0.2) is 35.3 Å². The van der Waals surface area contributed by atoms with E-state index in [2.05, 4.69) is 27.3 Å². The number of amidine groups is 1. The van der Waals surface area contributed by atoms with Crippen LogP contribution in [0.2, 0.25) is 0 Å². The number of hydrogen-bond acceptors (Lipinski definition) is 4. The van der Waals surface area contributed by atoms with Gasteiger partial charge in [-0.05, 0) is 19.0 Å². The molecule has 21 heavy (non-hydrogen) atoms. The van der Waals surface area contributed by atoms with Crippen LogP contribution in [0.1, 0.15) is 18.9 Å². The molecule has 5 heteroatoms. The lowest BCUT2D eigenvalue weighted by Crippen LogP contribution is -2.56. The molecule has 0 amide bonds. The van der Waals surface area contributed by atoms with Crippen LogP contribution in [0.25, 0.3) is 0 Å². The molecule has 2 aliphatic heterocycles. The number of aliphatic hydroxyl groups excluding tert-OH is 1. The molecule has 114 valence electrons. The Morgan fingerprint density at radius 2 is 2.24 bits per heavy atom. The van der Waals surface area contributed by atoms with Crippen molar-refractivity contribution in [2.45, 2.75) is 31.6 Å². The summed E-state index contributed by atoms with van der Waals surface area (Å²) in [7, 11) is 0. The van der Waals surface area contributed by atoms with E-state index < -0.39 is 11.7 Å². The highest BCUT2D eigenvalue weighted by Crippen LogP contribution is 2.32. The Labute approximate surface area is 125 Å². The molecule has 1 spiro atoms. The average molecular weight is 289 g/mol.